The Bertz CT molecular complexity index is 436. The fourth-order valence-electron chi connectivity index (χ4n) is 1.58. The number of hydrogen-bond acceptors (Lipinski definition) is 5. The number of hydrogen-bond donors (Lipinski definition) is 0. The highest BCUT2D eigenvalue weighted by atomic mass is 79.9. The van der Waals surface area contributed by atoms with Gasteiger partial charge >= 0.3 is 0 Å². The number of carbonyl (C=O) groups excluding carboxylic acids is 1. The number of methoxy groups -OCH3 is 1. The van der Waals surface area contributed by atoms with Gasteiger partial charge in [-0.1, -0.05) is 15.9 Å². The van der Waals surface area contributed by atoms with E-state index in [9.17, 15) is 4.79 Å². The van der Waals surface area contributed by atoms with Crippen molar-refractivity contribution in [3.63, 3.8) is 0 Å². The highest BCUT2D eigenvalue weighted by molar-refractivity contribution is 9.10. The summed E-state index contributed by atoms with van der Waals surface area (Å²) in [6, 6.07) is 5.36. The van der Waals surface area contributed by atoms with Crippen molar-refractivity contribution in [2.75, 3.05) is 46.8 Å². The second-order valence-electron chi connectivity index (χ2n) is 4.26. The van der Waals surface area contributed by atoms with E-state index in [1.807, 2.05) is 6.07 Å². The third-order valence-corrected chi connectivity index (χ3v) is 3.10. The summed E-state index contributed by atoms with van der Waals surface area (Å²) in [6.45, 7) is 4.54. The SMILES string of the molecule is COCCOCCOCCOc1ccc(Br)cc1C(C)=O. The van der Waals surface area contributed by atoms with Crippen LogP contribution in [-0.4, -0.2) is 52.5 Å². The minimum absolute atomic E-state index is 0.0289. The van der Waals surface area contributed by atoms with Gasteiger partial charge in [-0.05, 0) is 25.1 Å². The van der Waals surface area contributed by atoms with Crippen molar-refractivity contribution < 1.29 is 23.7 Å². The molecule has 0 N–H and O–H groups in total. The van der Waals surface area contributed by atoms with Crippen LogP contribution in [0.25, 0.3) is 0 Å². The molecule has 0 radical (unpaired) electrons. The number of rotatable bonds is 11. The molecular formula is C15H21BrO5. The van der Waals surface area contributed by atoms with Gasteiger partial charge in [0.05, 0.1) is 38.6 Å². The van der Waals surface area contributed by atoms with E-state index < -0.39 is 0 Å². The molecule has 0 spiro atoms. The number of halogens is 1. The molecule has 0 atom stereocenters. The molecule has 0 aliphatic carbocycles. The average molecular weight is 361 g/mol. The fraction of sp³-hybridized carbons (Fsp3) is 0.533. The number of carbonyl (C=O) groups is 1. The standard InChI is InChI=1S/C15H21BrO5/c1-12(17)14-11-13(16)3-4-15(14)21-10-9-20-8-7-19-6-5-18-2/h3-4,11H,5-10H2,1-2H3. The summed E-state index contributed by atoms with van der Waals surface area (Å²) in [5.74, 6) is 0.546. The maximum Gasteiger partial charge on any atom is 0.163 e. The Labute approximate surface area is 133 Å². The molecule has 0 unspecified atom stereocenters. The maximum absolute atomic E-state index is 11.5. The molecule has 118 valence electrons. The molecule has 0 aliphatic heterocycles. The van der Waals surface area contributed by atoms with E-state index in [1.54, 1.807) is 19.2 Å². The monoisotopic (exact) mass is 360 g/mol. The molecule has 5 nitrogen and oxygen atoms in total. The van der Waals surface area contributed by atoms with Crippen LogP contribution in [0.4, 0.5) is 0 Å². The zero-order valence-electron chi connectivity index (χ0n) is 12.4. The van der Waals surface area contributed by atoms with E-state index in [-0.39, 0.29) is 5.78 Å². The summed E-state index contributed by atoms with van der Waals surface area (Å²) >= 11 is 3.34. The van der Waals surface area contributed by atoms with E-state index in [2.05, 4.69) is 15.9 Å². The zero-order valence-corrected chi connectivity index (χ0v) is 14.0. The van der Waals surface area contributed by atoms with Gasteiger partial charge in [-0.15, -0.1) is 0 Å². The van der Waals surface area contributed by atoms with Crippen LogP contribution in [0, 0.1) is 0 Å². The van der Waals surface area contributed by atoms with E-state index in [1.165, 1.54) is 6.92 Å². The number of ether oxygens (including phenoxy) is 4. The Balaban J connectivity index is 2.20. The van der Waals surface area contributed by atoms with Crippen LogP contribution in [0.2, 0.25) is 0 Å². The molecule has 0 bridgehead atoms. The lowest BCUT2D eigenvalue weighted by Gasteiger charge is -2.10. The molecule has 0 saturated carbocycles. The maximum atomic E-state index is 11.5. The largest absolute Gasteiger partial charge is 0.490 e. The lowest BCUT2D eigenvalue weighted by atomic mass is 10.1. The first-order valence-electron chi connectivity index (χ1n) is 6.73. The average Bonchev–Trinajstić information content (AvgIpc) is 2.46. The van der Waals surface area contributed by atoms with Gasteiger partial charge in [0.25, 0.3) is 0 Å². The van der Waals surface area contributed by atoms with E-state index >= 15 is 0 Å². The van der Waals surface area contributed by atoms with Crippen LogP contribution in [0.5, 0.6) is 5.75 Å². The van der Waals surface area contributed by atoms with Gasteiger partial charge in [0.2, 0.25) is 0 Å². The topological polar surface area (TPSA) is 54.0 Å². The van der Waals surface area contributed by atoms with Crippen molar-refractivity contribution in [3.05, 3.63) is 28.2 Å². The lowest BCUT2D eigenvalue weighted by Crippen LogP contribution is -2.13. The van der Waals surface area contributed by atoms with Gasteiger partial charge in [0.15, 0.2) is 5.78 Å². The molecule has 0 saturated heterocycles. The first kappa shape index (κ1) is 18.1. The zero-order chi connectivity index (χ0) is 15.5. The smallest absolute Gasteiger partial charge is 0.163 e. The van der Waals surface area contributed by atoms with Crippen LogP contribution < -0.4 is 4.74 Å². The third-order valence-electron chi connectivity index (χ3n) is 2.61. The Morgan fingerprint density at radius 1 is 1.05 bits per heavy atom. The van der Waals surface area contributed by atoms with Crippen molar-refractivity contribution >= 4 is 21.7 Å². The molecule has 1 aromatic carbocycles. The molecule has 0 amide bonds. The minimum atomic E-state index is -0.0289. The summed E-state index contributed by atoms with van der Waals surface area (Å²) in [6.07, 6.45) is 0. The molecule has 1 rings (SSSR count). The van der Waals surface area contributed by atoms with Gasteiger partial charge < -0.3 is 18.9 Å². The first-order valence-corrected chi connectivity index (χ1v) is 7.52. The Kier molecular flexibility index (Phi) is 9.25. The second kappa shape index (κ2) is 10.7. The Morgan fingerprint density at radius 2 is 1.67 bits per heavy atom. The highest BCUT2D eigenvalue weighted by Gasteiger charge is 2.08. The molecule has 21 heavy (non-hydrogen) atoms. The predicted octanol–water partition coefficient (Wildman–Crippen LogP) is 2.71. The number of benzene rings is 1. The van der Waals surface area contributed by atoms with E-state index in [0.717, 1.165) is 4.47 Å². The molecule has 0 aromatic heterocycles. The van der Waals surface area contributed by atoms with Crippen molar-refractivity contribution in [2.24, 2.45) is 0 Å². The summed E-state index contributed by atoms with van der Waals surface area (Å²) in [7, 11) is 1.63. The van der Waals surface area contributed by atoms with Crippen LogP contribution in [0.3, 0.4) is 0 Å². The second-order valence-corrected chi connectivity index (χ2v) is 5.18. The molecular weight excluding hydrogens is 340 g/mol. The lowest BCUT2D eigenvalue weighted by molar-refractivity contribution is 0.0179. The number of ketones is 1. The van der Waals surface area contributed by atoms with Crippen LogP contribution in [0.1, 0.15) is 17.3 Å². The van der Waals surface area contributed by atoms with Gasteiger partial charge in [-0.25, -0.2) is 0 Å². The number of Topliss-reactive ketones (excluding diaryl/α,β-unsaturated/α-hetero) is 1. The summed E-state index contributed by atoms with van der Waals surface area (Å²) < 4.78 is 21.9. The molecule has 0 fully saturated rings. The molecule has 1 aromatic rings. The van der Waals surface area contributed by atoms with Gasteiger partial charge in [0, 0.05) is 11.6 Å². The fourth-order valence-corrected chi connectivity index (χ4v) is 1.94. The molecule has 0 aliphatic rings. The Morgan fingerprint density at radius 3 is 2.29 bits per heavy atom. The quantitative estimate of drug-likeness (QED) is 0.448. The molecule has 0 heterocycles. The van der Waals surface area contributed by atoms with Crippen LogP contribution in [0.15, 0.2) is 22.7 Å². The normalized spacial score (nSPS) is 10.6. The first-order chi connectivity index (χ1) is 10.1. The summed E-state index contributed by atoms with van der Waals surface area (Å²) in [4.78, 5) is 11.5. The van der Waals surface area contributed by atoms with Gasteiger partial charge in [0.1, 0.15) is 12.4 Å². The van der Waals surface area contributed by atoms with Crippen molar-refractivity contribution in [2.45, 2.75) is 6.92 Å². The van der Waals surface area contributed by atoms with Gasteiger partial charge in [-0.2, -0.15) is 0 Å². The summed E-state index contributed by atoms with van der Waals surface area (Å²) in [5, 5.41) is 0. The highest BCUT2D eigenvalue weighted by Crippen LogP contribution is 2.23. The van der Waals surface area contributed by atoms with Crippen LogP contribution >= 0.6 is 15.9 Å². The van der Waals surface area contributed by atoms with Gasteiger partial charge in [-0.3, -0.25) is 4.79 Å². The minimum Gasteiger partial charge on any atom is -0.490 e. The van der Waals surface area contributed by atoms with Crippen LogP contribution in [-0.2, 0) is 14.2 Å². The molecule has 6 heteroatoms. The van der Waals surface area contributed by atoms with Crippen molar-refractivity contribution in [1.29, 1.82) is 0 Å². The third kappa shape index (κ3) is 7.57. The van der Waals surface area contributed by atoms with Crippen molar-refractivity contribution in [3.8, 4) is 5.75 Å². The summed E-state index contributed by atoms with van der Waals surface area (Å²) in [5.41, 5.74) is 0.562. The van der Waals surface area contributed by atoms with E-state index in [0.29, 0.717) is 51.0 Å². The van der Waals surface area contributed by atoms with Crippen molar-refractivity contribution in [1.82, 2.24) is 0 Å². The Hall–Kier alpha value is -0.950. The van der Waals surface area contributed by atoms with E-state index in [4.69, 9.17) is 18.9 Å². The predicted molar refractivity (Wildman–Crippen MR) is 83.2 cm³/mol.